The molecule has 0 saturated carbocycles. The Labute approximate surface area is 129 Å². The number of thiophene rings is 1. The van der Waals surface area contributed by atoms with Crippen LogP contribution in [0.3, 0.4) is 0 Å². The second-order valence-corrected chi connectivity index (χ2v) is 7.31. The topological polar surface area (TPSA) is 76.0 Å². The Balaban J connectivity index is 1.97. The lowest BCUT2D eigenvalue weighted by Crippen LogP contribution is -2.23. The average Bonchev–Trinajstić information content (AvgIpc) is 3.06. The van der Waals surface area contributed by atoms with Crippen LogP contribution in [-0.2, 0) is 23.1 Å². The van der Waals surface area contributed by atoms with E-state index < -0.39 is 10.0 Å². The normalized spacial score (nSPS) is 11.9. The molecule has 116 valence electrons. The van der Waals surface area contributed by atoms with Crippen LogP contribution in [0, 0.1) is 6.92 Å². The summed E-state index contributed by atoms with van der Waals surface area (Å²) in [6.45, 7) is 3.85. The molecule has 0 unspecified atom stereocenters. The van der Waals surface area contributed by atoms with Crippen molar-refractivity contribution >= 4 is 21.4 Å². The van der Waals surface area contributed by atoms with Crippen LogP contribution in [0.5, 0.6) is 0 Å². The summed E-state index contributed by atoms with van der Waals surface area (Å²) in [5, 5.41) is 11.1. The molecule has 8 heteroatoms. The van der Waals surface area contributed by atoms with Crippen molar-refractivity contribution in [3.8, 4) is 0 Å². The van der Waals surface area contributed by atoms with Gasteiger partial charge in [-0.25, -0.2) is 13.1 Å². The predicted octanol–water partition coefficient (Wildman–Crippen LogP) is 1.34. The first-order chi connectivity index (χ1) is 10.0. The zero-order valence-corrected chi connectivity index (χ0v) is 13.8. The van der Waals surface area contributed by atoms with Gasteiger partial charge in [-0.1, -0.05) is 0 Å². The Morgan fingerprint density at radius 1 is 1.38 bits per heavy atom. The van der Waals surface area contributed by atoms with Crippen LogP contribution in [0.1, 0.15) is 17.5 Å². The zero-order chi connectivity index (χ0) is 15.3. The van der Waals surface area contributed by atoms with E-state index in [0.29, 0.717) is 13.1 Å². The molecule has 6 nitrogen and oxygen atoms in total. The van der Waals surface area contributed by atoms with Crippen LogP contribution in [0.15, 0.2) is 28.0 Å². The maximum atomic E-state index is 12.2. The minimum Gasteiger partial charge on any atom is -0.320 e. The fourth-order valence-electron chi connectivity index (χ4n) is 1.85. The molecule has 0 aliphatic heterocycles. The summed E-state index contributed by atoms with van der Waals surface area (Å²) < 4.78 is 28.7. The Kier molecular flexibility index (Phi) is 5.51. The summed E-state index contributed by atoms with van der Waals surface area (Å²) >= 11 is 1.57. The van der Waals surface area contributed by atoms with E-state index in [9.17, 15) is 8.42 Å². The van der Waals surface area contributed by atoms with Gasteiger partial charge in [0.15, 0.2) is 0 Å². The molecule has 2 heterocycles. The molecular weight excluding hydrogens is 308 g/mol. The summed E-state index contributed by atoms with van der Waals surface area (Å²) in [6.07, 6.45) is 3.86. The molecule has 2 aromatic heterocycles. The van der Waals surface area contributed by atoms with Crippen molar-refractivity contribution in [3.05, 3.63) is 34.3 Å². The molecule has 0 radical (unpaired) electrons. The summed E-state index contributed by atoms with van der Waals surface area (Å²) in [5.74, 6) is 0. The van der Waals surface area contributed by atoms with Crippen molar-refractivity contribution in [2.75, 3.05) is 13.6 Å². The molecule has 0 atom stereocenters. The van der Waals surface area contributed by atoms with Crippen LogP contribution < -0.4 is 10.0 Å². The van der Waals surface area contributed by atoms with Crippen molar-refractivity contribution in [2.45, 2.75) is 31.3 Å². The monoisotopic (exact) mass is 328 g/mol. The van der Waals surface area contributed by atoms with Gasteiger partial charge in [-0.3, -0.25) is 4.68 Å². The average molecular weight is 328 g/mol. The van der Waals surface area contributed by atoms with E-state index in [1.54, 1.807) is 22.2 Å². The zero-order valence-electron chi connectivity index (χ0n) is 12.2. The number of sulfonamides is 1. The molecule has 0 saturated heterocycles. The second kappa shape index (κ2) is 7.17. The molecule has 2 rings (SSSR count). The van der Waals surface area contributed by atoms with E-state index >= 15 is 0 Å². The summed E-state index contributed by atoms with van der Waals surface area (Å²) in [7, 11) is -1.62. The van der Waals surface area contributed by atoms with Gasteiger partial charge in [0.05, 0.1) is 6.20 Å². The number of hydrogen-bond acceptors (Lipinski definition) is 5. The fourth-order valence-corrected chi connectivity index (χ4v) is 3.66. The molecular formula is C13H20N4O2S2. The second-order valence-electron chi connectivity index (χ2n) is 4.80. The number of nitrogens with one attached hydrogen (secondary N) is 2. The Hall–Kier alpha value is -1.22. The van der Waals surface area contributed by atoms with Gasteiger partial charge in [-0.05, 0) is 48.8 Å². The summed E-state index contributed by atoms with van der Waals surface area (Å²) in [4.78, 5) is 0.208. The van der Waals surface area contributed by atoms with E-state index in [0.717, 1.165) is 24.1 Å². The van der Waals surface area contributed by atoms with Gasteiger partial charge in [-0.2, -0.15) is 16.4 Å². The standard InChI is InChI=1S/C13H20N4O2S2/c1-11-9-20-10-12(11)6-16-21(18,19)13-7-15-17(8-13)5-3-4-14-2/h7-10,14,16H,3-6H2,1-2H3. The highest BCUT2D eigenvalue weighted by Crippen LogP contribution is 2.15. The largest absolute Gasteiger partial charge is 0.320 e. The number of aromatic nitrogens is 2. The maximum absolute atomic E-state index is 12.2. The van der Waals surface area contributed by atoms with Crippen molar-refractivity contribution in [2.24, 2.45) is 0 Å². The first-order valence-corrected chi connectivity index (χ1v) is 9.14. The highest BCUT2D eigenvalue weighted by Gasteiger charge is 2.16. The molecule has 0 aliphatic carbocycles. The van der Waals surface area contributed by atoms with Gasteiger partial charge in [-0.15, -0.1) is 0 Å². The van der Waals surface area contributed by atoms with Gasteiger partial charge < -0.3 is 5.32 Å². The van der Waals surface area contributed by atoms with Gasteiger partial charge in [0, 0.05) is 19.3 Å². The molecule has 0 fully saturated rings. The molecule has 0 aromatic carbocycles. The van der Waals surface area contributed by atoms with Crippen LogP contribution in [0.2, 0.25) is 0 Å². The van der Waals surface area contributed by atoms with E-state index in [-0.39, 0.29) is 4.90 Å². The predicted molar refractivity (Wildman–Crippen MR) is 83.9 cm³/mol. The molecule has 2 aromatic rings. The van der Waals surface area contributed by atoms with Gasteiger partial charge >= 0.3 is 0 Å². The van der Waals surface area contributed by atoms with Gasteiger partial charge in [0.2, 0.25) is 10.0 Å². The third kappa shape index (κ3) is 4.37. The third-order valence-corrected chi connectivity index (χ3v) is 5.41. The fraction of sp³-hybridized carbons (Fsp3) is 0.462. The molecule has 0 spiro atoms. The summed E-state index contributed by atoms with van der Waals surface area (Å²) in [6, 6.07) is 0. The number of rotatable bonds is 8. The highest BCUT2D eigenvalue weighted by atomic mass is 32.2. The third-order valence-electron chi connectivity index (χ3n) is 3.15. The van der Waals surface area contributed by atoms with Crippen molar-refractivity contribution in [1.29, 1.82) is 0 Å². The Morgan fingerprint density at radius 2 is 2.19 bits per heavy atom. The van der Waals surface area contributed by atoms with Crippen molar-refractivity contribution < 1.29 is 8.42 Å². The maximum Gasteiger partial charge on any atom is 0.243 e. The first-order valence-electron chi connectivity index (χ1n) is 6.71. The molecule has 21 heavy (non-hydrogen) atoms. The van der Waals surface area contributed by atoms with Crippen molar-refractivity contribution in [3.63, 3.8) is 0 Å². The number of hydrogen-bond donors (Lipinski definition) is 2. The van der Waals surface area contributed by atoms with Crippen LogP contribution >= 0.6 is 11.3 Å². The van der Waals surface area contributed by atoms with E-state index in [2.05, 4.69) is 15.1 Å². The van der Waals surface area contributed by atoms with Crippen molar-refractivity contribution in [1.82, 2.24) is 19.8 Å². The quantitative estimate of drug-likeness (QED) is 0.717. The van der Waals surface area contributed by atoms with Crippen LogP contribution in [-0.4, -0.2) is 31.8 Å². The first kappa shape index (κ1) is 16.2. The van der Waals surface area contributed by atoms with Crippen LogP contribution in [0.4, 0.5) is 0 Å². The smallest absolute Gasteiger partial charge is 0.243 e. The van der Waals surface area contributed by atoms with E-state index in [1.807, 2.05) is 24.7 Å². The van der Waals surface area contributed by atoms with Gasteiger partial charge in [0.25, 0.3) is 0 Å². The summed E-state index contributed by atoms with van der Waals surface area (Å²) in [5.41, 5.74) is 2.11. The van der Waals surface area contributed by atoms with E-state index in [1.165, 1.54) is 6.20 Å². The molecule has 0 aliphatic rings. The van der Waals surface area contributed by atoms with E-state index in [4.69, 9.17) is 0 Å². The lowest BCUT2D eigenvalue weighted by Gasteiger charge is -2.04. The van der Waals surface area contributed by atoms with Crippen LogP contribution in [0.25, 0.3) is 0 Å². The SMILES string of the molecule is CNCCCn1cc(S(=O)(=O)NCc2cscc2C)cn1. The highest BCUT2D eigenvalue weighted by molar-refractivity contribution is 7.89. The Morgan fingerprint density at radius 3 is 2.86 bits per heavy atom. The minimum absolute atomic E-state index is 0.208. The molecule has 0 bridgehead atoms. The minimum atomic E-state index is -3.51. The molecule has 2 N–H and O–H groups in total. The lowest BCUT2D eigenvalue weighted by molar-refractivity contribution is 0.560. The Bertz CT molecular complexity index is 676. The number of nitrogens with zero attached hydrogens (tertiary/aromatic N) is 2. The van der Waals surface area contributed by atoms with Gasteiger partial charge in [0.1, 0.15) is 4.90 Å². The molecule has 0 amide bonds. The number of aryl methyl sites for hydroxylation is 2. The lowest BCUT2D eigenvalue weighted by atomic mass is 10.2.